The molecule has 0 fully saturated rings. The van der Waals surface area contributed by atoms with Crippen LogP contribution in [0.3, 0.4) is 0 Å². The van der Waals surface area contributed by atoms with Gasteiger partial charge in [-0.15, -0.1) is 0 Å². The molecule has 0 atom stereocenters. The Kier molecular flexibility index (Phi) is 8.16. The number of hydrogen-bond acceptors (Lipinski definition) is 5. The summed E-state index contributed by atoms with van der Waals surface area (Å²) in [5, 5.41) is 3.95. The van der Waals surface area contributed by atoms with E-state index >= 15 is 0 Å². The van der Waals surface area contributed by atoms with E-state index < -0.39 is 0 Å². The molecule has 6 heteroatoms. The molecule has 0 saturated heterocycles. The first kappa shape index (κ1) is 25.1. The molecule has 1 N–H and O–H groups in total. The second kappa shape index (κ2) is 11.1. The number of pyridine rings is 2. The largest absolute Gasteiger partial charge is 0.487 e. The molecule has 6 nitrogen and oxygen atoms in total. The number of ether oxygens (including phenoxy) is 1. The number of rotatable bonds is 8. The van der Waals surface area contributed by atoms with Gasteiger partial charge in [0.05, 0.1) is 18.0 Å². The van der Waals surface area contributed by atoms with Gasteiger partial charge < -0.3 is 10.1 Å². The van der Waals surface area contributed by atoms with Crippen molar-refractivity contribution in [3.63, 3.8) is 0 Å². The summed E-state index contributed by atoms with van der Waals surface area (Å²) in [6.45, 7) is 12.5. The lowest BCUT2D eigenvalue weighted by Gasteiger charge is -2.16. The minimum atomic E-state index is -0.0774. The first-order valence-corrected chi connectivity index (χ1v) is 11.6. The molecule has 0 bridgehead atoms. The van der Waals surface area contributed by atoms with Crippen molar-refractivity contribution in [1.82, 2.24) is 15.3 Å². The van der Waals surface area contributed by atoms with Gasteiger partial charge in [-0.25, -0.2) is 4.98 Å². The number of hydrogen-bond donors (Lipinski definition) is 1. The first-order chi connectivity index (χ1) is 16.3. The predicted molar refractivity (Wildman–Crippen MR) is 138 cm³/mol. The van der Waals surface area contributed by atoms with Crippen LogP contribution in [-0.2, 0) is 17.9 Å². The molecule has 0 saturated carbocycles. The van der Waals surface area contributed by atoms with E-state index in [-0.39, 0.29) is 11.8 Å². The normalized spacial score (nSPS) is 12.4. The molecule has 0 radical (unpaired) electrons. The van der Waals surface area contributed by atoms with Gasteiger partial charge in [0.1, 0.15) is 17.9 Å². The van der Waals surface area contributed by atoms with E-state index in [1.807, 2.05) is 59.9 Å². The highest BCUT2D eigenvalue weighted by Crippen LogP contribution is 2.30. The lowest BCUT2D eigenvalue weighted by molar-refractivity contribution is -0.124. The second-order valence-corrected chi connectivity index (χ2v) is 8.72. The molecule has 0 unspecified atom stereocenters. The molecule has 1 aromatic carbocycles. The van der Waals surface area contributed by atoms with Crippen molar-refractivity contribution in [2.45, 2.75) is 54.7 Å². The second-order valence-electron chi connectivity index (χ2n) is 8.72. The van der Waals surface area contributed by atoms with E-state index in [0.29, 0.717) is 18.9 Å². The van der Waals surface area contributed by atoms with Gasteiger partial charge in [0.25, 0.3) is 0 Å². The Balaban J connectivity index is 1.97. The summed E-state index contributed by atoms with van der Waals surface area (Å²) in [6.07, 6.45) is 3.83. The van der Waals surface area contributed by atoms with Crippen LogP contribution < -0.4 is 10.1 Å². The van der Waals surface area contributed by atoms with Crippen molar-refractivity contribution < 1.29 is 9.53 Å². The molecule has 0 aliphatic rings. The molecule has 2 heterocycles. The molecular formula is C28H34N4O2. The van der Waals surface area contributed by atoms with Crippen molar-refractivity contribution in [3.05, 3.63) is 76.3 Å². The molecular weight excluding hydrogens is 424 g/mol. The molecule has 178 valence electrons. The number of nitrogens with zero attached hydrogens (tertiary/aromatic N) is 3. The van der Waals surface area contributed by atoms with Gasteiger partial charge in [-0.3, -0.25) is 14.8 Å². The number of allylic oxidation sites excluding steroid dienone is 2. The van der Waals surface area contributed by atoms with Crippen LogP contribution >= 0.6 is 0 Å². The third-order valence-corrected chi connectivity index (χ3v) is 5.92. The molecule has 3 aromatic rings. The summed E-state index contributed by atoms with van der Waals surface area (Å²) in [5.74, 6) is 0.629. The number of nitrogens with one attached hydrogen (secondary N) is 1. The average molecular weight is 459 g/mol. The van der Waals surface area contributed by atoms with Crippen LogP contribution in [-0.4, -0.2) is 28.6 Å². The summed E-state index contributed by atoms with van der Waals surface area (Å²) in [6, 6.07) is 10.0. The minimum Gasteiger partial charge on any atom is -0.487 e. The van der Waals surface area contributed by atoms with E-state index in [1.165, 1.54) is 0 Å². The molecule has 3 rings (SSSR count). The van der Waals surface area contributed by atoms with Gasteiger partial charge in [-0.05, 0) is 57.0 Å². The Bertz CT molecular complexity index is 1260. The maximum absolute atomic E-state index is 12.1. The Morgan fingerprint density at radius 3 is 2.68 bits per heavy atom. The fourth-order valence-corrected chi connectivity index (χ4v) is 3.83. The van der Waals surface area contributed by atoms with E-state index in [4.69, 9.17) is 9.72 Å². The Hall–Kier alpha value is -3.54. The topological polar surface area (TPSA) is 76.5 Å². The standard InChI is InChI=1S/C28H34N4O2/c1-8-18(4)26(29-7)22-14-20(6)32-27-21(22)10-9-11-25(27)34-16-23-19(5)12-13-30-24(23)15-31-28(33)17(2)3/h8-14,17H,15-16H2,1-7H3,(H,31,33)/b18-8-,29-26?. The maximum atomic E-state index is 12.1. The SMILES string of the molecule is C/C=C(/C)C(=NC)c1cc(C)nc2c(OCc3c(C)ccnc3CNC(=O)C(C)C)cccc12. The third-order valence-electron chi connectivity index (χ3n) is 5.92. The minimum absolute atomic E-state index is 0.00115. The number of aliphatic imine (C=N–C) groups is 1. The van der Waals surface area contributed by atoms with Gasteiger partial charge in [-0.1, -0.05) is 32.1 Å². The summed E-state index contributed by atoms with van der Waals surface area (Å²) >= 11 is 0. The zero-order chi connectivity index (χ0) is 24.8. The highest BCUT2D eigenvalue weighted by molar-refractivity contribution is 6.19. The number of amides is 1. The van der Waals surface area contributed by atoms with E-state index in [1.54, 1.807) is 6.20 Å². The summed E-state index contributed by atoms with van der Waals surface area (Å²) in [5.41, 5.74) is 7.65. The van der Waals surface area contributed by atoms with E-state index in [9.17, 15) is 4.79 Å². The van der Waals surface area contributed by atoms with Crippen LogP contribution in [0.25, 0.3) is 10.9 Å². The molecule has 0 aliphatic heterocycles. The van der Waals surface area contributed by atoms with Gasteiger partial charge in [0.15, 0.2) is 0 Å². The maximum Gasteiger partial charge on any atom is 0.222 e. The fourth-order valence-electron chi connectivity index (χ4n) is 3.83. The Morgan fingerprint density at radius 2 is 2.00 bits per heavy atom. The molecule has 0 spiro atoms. The van der Waals surface area contributed by atoms with Crippen molar-refractivity contribution in [2.24, 2.45) is 10.9 Å². The van der Waals surface area contributed by atoms with Gasteiger partial charge >= 0.3 is 0 Å². The quantitative estimate of drug-likeness (QED) is 0.453. The number of carbonyl (C=O) groups is 1. The number of carbonyl (C=O) groups excluding carboxylic acids is 1. The lowest BCUT2D eigenvalue weighted by atomic mass is 9.98. The average Bonchev–Trinajstić information content (AvgIpc) is 2.82. The summed E-state index contributed by atoms with van der Waals surface area (Å²) < 4.78 is 6.32. The zero-order valence-electron chi connectivity index (χ0n) is 21.2. The highest BCUT2D eigenvalue weighted by atomic mass is 16.5. The molecule has 1 amide bonds. The van der Waals surface area contributed by atoms with Crippen molar-refractivity contribution in [1.29, 1.82) is 0 Å². The molecule has 2 aromatic heterocycles. The summed E-state index contributed by atoms with van der Waals surface area (Å²) in [7, 11) is 1.81. The van der Waals surface area contributed by atoms with Crippen LogP contribution in [0.4, 0.5) is 0 Å². The van der Waals surface area contributed by atoms with E-state index in [2.05, 4.69) is 40.4 Å². The number of para-hydroxylation sites is 1. The number of aromatic nitrogens is 2. The lowest BCUT2D eigenvalue weighted by Crippen LogP contribution is -2.28. The van der Waals surface area contributed by atoms with Crippen LogP contribution in [0.2, 0.25) is 0 Å². The number of aryl methyl sites for hydroxylation is 2. The molecule has 34 heavy (non-hydrogen) atoms. The van der Waals surface area contributed by atoms with Gasteiger partial charge in [0, 0.05) is 41.4 Å². The van der Waals surface area contributed by atoms with Crippen molar-refractivity contribution >= 4 is 22.5 Å². The van der Waals surface area contributed by atoms with Crippen molar-refractivity contribution in [3.8, 4) is 5.75 Å². The fraction of sp³-hybridized carbons (Fsp3) is 0.357. The predicted octanol–water partition coefficient (Wildman–Crippen LogP) is 5.48. The zero-order valence-corrected chi connectivity index (χ0v) is 21.2. The first-order valence-electron chi connectivity index (χ1n) is 11.6. The smallest absolute Gasteiger partial charge is 0.222 e. The van der Waals surface area contributed by atoms with Crippen molar-refractivity contribution in [2.75, 3.05) is 7.05 Å². The van der Waals surface area contributed by atoms with Crippen LogP contribution in [0, 0.1) is 19.8 Å². The van der Waals surface area contributed by atoms with Crippen LogP contribution in [0.5, 0.6) is 5.75 Å². The van der Waals surface area contributed by atoms with Gasteiger partial charge in [0.2, 0.25) is 5.91 Å². The van der Waals surface area contributed by atoms with E-state index in [0.717, 1.165) is 50.3 Å². The monoisotopic (exact) mass is 458 g/mol. The Morgan fingerprint density at radius 1 is 1.24 bits per heavy atom. The summed E-state index contributed by atoms with van der Waals surface area (Å²) in [4.78, 5) is 25.9. The molecule has 0 aliphatic carbocycles. The highest BCUT2D eigenvalue weighted by Gasteiger charge is 2.16. The van der Waals surface area contributed by atoms with Crippen LogP contribution in [0.15, 0.2) is 53.2 Å². The van der Waals surface area contributed by atoms with Gasteiger partial charge in [-0.2, -0.15) is 0 Å². The third kappa shape index (κ3) is 5.50. The number of benzene rings is 1. The number of fused-ring (bicyclic) bond motifs is 1. The van der Waals surface area contributed by atoms with Crippen LogP contribution in [0.1, 0.15) is 55.8 Å². The Labute approximate surface area is 202 Å².